The van der Waals surface area contributed by atoms with Crippen LogP contribution in [0.2, 0.25) is 0 Å². The molecule has 1 aliphatic heterocycles. The fraction of sp³-hybridized carbons (Fsp3) is 0.500. The fourth-order valence-electron chi connectivity index (χ4n) is 2.08. The van der Waals surface area contributed by atoms with Gasteiger partial charge in [-0.25, -0.2) is 0 Å². The molecule has 82 valence electrons. The van der Waals surface area contributed by atoms with Gasteiger partial charge in [0.05, 0.1) is 13.2 Å². The van der Waals surface area contributed by atoms with Crippen molar-refractivity contribution in [1.29, 1.82) is 0 Å². The summed E-state index contributed by atoms with van der Waals surface area (Å²) in [5, 5.41) is 13.0. The van der Waals surface area contributed by atoms with E-state index >= 15 is 0 Å². The number of aliphatic hydroxyl groups excluding tert-OH is 1. The molecule has 1 aromatic rings. The second-order valence-electron chi connectivity index (χ2n) is 3.94. The molecule has 3 heteroatoms. The van der Waals surface area contributed by atoms with Gasteiger partial charge in [0, 0.05) is 12.5 Å². The predicted molar refractivity (Wildman–Crippen MR) is 59.2 cm³/mol. The minimum absolute atomic E-state index is 0.261. The van der Waals surface area contributed by atoms with Crippen molar-refractivity contribution in [3.63, 3.8) is 0 Å². The molecule has 0 aliphatic carbocycles. The zero-order chi connectivity index (χ0) is 10.7. The quantitative estimate of drug-likeness (QED) is 0.764. The summed E-state index contributed by atoms with van der Waals surface area (Å²) in [5.74, 6) is 1.12. The van der Waals surface area contributed by atoms with E-state index in [2.05, 4.69) is 5.32 Å². The Kier molecular flexibility index (Phi) is 3.23. The normalized spacial score (nSPS) is 26.3. The van der Waals surface area contributed by atoms with Crippen LogP contribution in [0.15, 0.2) is 24.3 Å². The molecular weight excluding hydrogens is 190 g/mol. The summed E-state index contributed by atoms with van der Waals surface area (Å²) in [4.78, 5) is 0. The topological polar surface area (TPSA) is 41.5 Å². The van der Waals surface area contributed by atoms with E-state index in [0.717, 1.165) is 18.7 Å². The standard InChI is InChI=1S/C12H17NO2/c1-15-10-4-2-9(3-5-10)11-6-7-13-8-12(11)14/h2-5,11-14H,6-8H2,1H3. The fourth-order valence-corrected chi connectivity index (χ4v) is 2.08. The summed E-state index contributed by atoms with van der Waals surface area (Å²) in [6, 6.07) is 7.98. The van der Waals surface area contributed by atoms with Crippen molar-refractivity contribution in [2.75, 3.05) is 20.2 Å². The van der Waals surface area contributed by atoms with Crippen LogP contribution >= 0.6 is 0 Å². The molecule has 2 N–H and O–H groups in total. The third-order valence-electron chi connectivity index (χ3n) is 2.99. The maximum Gasteiger partial charge on any atom is 0.118 e. The van der Waals surface area contributed by atoms with E-state index in [-0.39, 0.29) is 12.0 Å². The molecule has 1 aliphatic rings. The molecule has 0 aromatic heterocycles. The van der Waals surface area contributed by atoms with E-state index in [9.17, 15) is 5.11 Å². The first-order chi connectivity index (χ1) is 7.31. The van der Waals surface area contributed by atoms with Gasteiger partial charge in [-0.05, 0) is 30.7 Å². The lowest BCUT2D eigenvalue weighted by Gasteiger charge is -2.28. The number of hydrogen-bond acceptors (Lipinski definition) is 3. The van der Waals surface area contributed by atoms with Crippen LogP contribution in [-0.4, -0.2) is 31.4 Å². The van der Waals surface area contributed by atoms with Crippen LogP contribution in [0.25, 0.3) is 0 Å². The summed E-state index contributed by atoms with van der Waals surface area (Å²) in [6.07, 6.45) is 0.722. The Hall–Kier alpha value is -1.06. The van der Waals surface area contributed by atoms with E-state index < -0.39 is 0 Å². The minimum atomic E-state index is -0.271. The van der Waals surface area contributed by atoms with E-state index in [1.165, 1.54) is 5.56 Å². The number of β-amino-alcohol motifs (C(OH)–C–C–N with tert-alkyl or cyclic N) is 1. The van der Waals surface area contributed by atoms with Crippen LogP contribution in [0.4, 0.5) is 0 Å². The lowest BCUT2D eigenvalue weighted by Crippen LogP contribution is -2.39. The first-order valence-electron chi connectivity index (χ1n) is 5.34. The number of benzene rings is 1. The van der Waals surface area contributed by atoms with Crippen LogP contribution in [0.5, 0.6) is 5.75 Å². The zero-order valence-corrected chi connectivity index (χ0v) is 8.94. The molecule has 2 unspecified atom stereocenters. The third-order valence-corrected chi connectivity index (χ3v) is 2.99. The molecule has 2 atom stereocenters. The molecule has 1 fully saturated rings. The summed E-state index contributed by atoms with van der Waals surface area (Å²) in [6.45, 7) is 1.67. The Morgan fingerprint density at radius 1 is 1.33 bits per heavy atom. The van der Waals surface area contributed by atoms with Crippen LogP contribution in [0.1, 0.15) is 17.9 Å². The van der Waals surface area contributed by atoms with Gasteiger partial charge in [0.15, 0.2) is 0 Å². The van der Waals surface area contributed by atoms with E-state index in [1.54, 1.807) is 7.11 Å². The summed E-state index contributed by atoms with van der Waals surface area (Å²) >= 11 is 0. The van der Waals surface area contributed by atoms with Gasteiger partial charge in [0.25, 0.3) is 0 Å². The molecule has 0 spiro atoms. The van der Waals surface area contributed by atoms with Gasteiger partial charge in [0.2, 0.25) is 0 Å². The van der Waals surface area contributed by atoms with Crippen molar-refractivity contribution in [3.05, 3.63) is 29.8 Å². The number of piperidine rings is 1. The van der Waals surface area contributed by atoms with Gasteiger partial charge in [-0.2, -0.15) is 0 Å². The van der Waals surface area contributed by atoms with Gasteiger partial charge in [0.1, 0.15) is 5.75 Å². The van der Waals surface area contributed by atoms with Crippen molar-refractivity contribution >= 4 is 0 Å². The molecule has 0 amide bonds. The monoisotopic (exact) mass is 207 g/mol. The molecule has 1 heterocycles. The molecule has 0 radical (unpaired) electrons. The van der Waals surface area contributed by atoms with Crippen LogP contribution < -0.4 is 10.1 Å². The van der Waals surface area contributed by atoms with Crippen LogP contribution in [0.3, 0.4) is 0 Å². The number of hydrogen-bond donors (Lipinski definition) is 2. The van der Waals surface area contributed by atoms with Gasteiger partial charge in [-0.15, -0.1) is 0 Å². The Balaban J connectivity index is 2.13. The molecule has 1 aromatic carbocycles. The molecule has 2 rings (SSSR count). The van der Waals surface area contributed by atoms with Crippen molar-refractivity contribution in [2.24, 2.45) is 0 Å². The molecule has 0 bridgehead atoms. The number of nitrogens with one attached hydrogen (secondary N) is 1. The van der Waals surface area contributed by atoms with E-state index in [4.69, 9.17) is 4.74 Å². The third kappa shape index (κ3) is 2.30. The van der Waals surface area contributed by atoms with Crippen molar-refractivity contribution < 1.29 is 9.84 Å². The summed E-state index contributed by atoms with van der Waals surface area (Å²) in [5.41, 5.74) is 1.20. The van der Waals surface area contributed by atoms with E-state index in [1.807, 2.05) is 24.3 Å². The van der Waals surface area contributed by atoms with Crippen molar-refractivity contribution in [3.8, 4) is 5.75 Å². The maximum absolute atomic E-state index is 9.86. The summed E-state index contributed by atoms with van der Waals surface area (Å²) < 4.78 is 5.11. The van der Waals surface area contributed by atoms with Crippen molar-refractivity contribution in [2.45, 2.75) is 18.4 Å². The predicted octanol–water partition coefficient (Wildman–Crippen LogP) is 1.13. The van der Waals surface area contributed by atoms with Crippen LogP contribution in [0, 0.1) is 0 Å². The Labute approximate surface area is 90.1 Å². The zero-order valence-electron chi connectivity index (χ0n) is 8.94. The highest BCUT2D eigenvalue weighted by molar-refractivity contribution is 5.30. The minimum Gasteiger partial charge on any atom is -0.497 e. The molecule has 15 heavy (non-hydrogen) atoms. The average Bonchev–Trinajstić information content (AvgIpc) is 2.30. The summed E-state index contributed by atoms with van der Waals surface area (Å²) in [7, 11) is 1.66. The van der Waals surface area contributed by atoms with Gasteiger partial charge >= 0.3 is 0 Å². The second-order valence-corrected chi connectivity index (χ2v) is 3.94. The number of rotatable bonds is 2. The number of ether oxygens (including phenoxy) is 1. The first kappa shape index (κ1) is 10.5. The first-order valence-corrected chi connectivity index (χ1v) is 5.34. The lowest BCUT2D eigenvalue weighted by molar-refractivity contribution is 0.118. The van der Waals surface area contributed by atoms with E-state index in [0.29, 0.717) is 6.54 Å². The second kappa shape index (κ2) is 4.64. The largest absolute Gasteiger partial charge is 0.497 e. The molecule has 0 saturated carbocycles. The average molecular weight is 207 g/mol. The number of aliphatic hydroxyl groups is 1. The lowest BCUT2D eigenvalue weighted by atomic mass is 9.88. The SMILES string of the molecule is COc1ccc(C2CCNCC2O)cc1. The van der Waals surface area contributed by atoms with Gasteiger partial charge in [-0.1, -0.05) is 12.1 Å². The Morgan fingerprint density at radius 3 is 2.67 bits per heavy atom. The Morgan fingerprint density at radius 2 is 2.07 bits per heavy atom. The molecule has 1 saturated heterocycles. The van der Waals surface area contributed by atoms with Crippen LogP contribution in [-0.2, 0) is 0 Å². The smallest absolute Gasteiger partial charge is 0.118 e. The number of methoxy groups -OCH3 is 1. The molecule has 3 nitrogen and oxygen atoms in total. The maximum atomic E-state index is 9.86. The van der Waals surface area contributed by atoms with Gasteiger partial charge < -0.3 is 15.2 Å². The molecular formula is C12H17NO2. The van der Waals surface area contributed by atoms with Gasteiger partial charge in [-0.3, -0.25) is 0 Å². The highest BCUT2D eigenvalue weighted by atomic mass is 16.5. The Bertz CT molecular complexity index is 310. The van der Waals surface area contributed by atoms with Crippen molar-refractivity contribution in [1.82, 2.24) is 5.32 Å². The highest BCUT2D eigenvalue weighted by Gasteiger charge is 2.23. The highest BCUT2D eigenvalue weighted by Crippen LogP contribution is 2.26.